The van der Waals surface area contributed by atoms with Gasteiger partial charge in [-0.05, 0) is 24.7 Å². The Balaban J connectivity index is 2.30. The van der Waals surface area contributed by atoms with Crippen molar-refractivity contribution in [3.8, 4) is 0 Å². The summed E-state index contributed by atoms with van der Waals surface area (Å²) in [5.74, 6) is 1.10. The van der Waals surface area contributed by atoms with Crippen LogP contribution in [-0.4, -0.2) is 18.9 Å². The molecule has 2 aliphatic rings. The van der Waals surface area contributed by atoms with Crippen LogP contribution in [0.5, 0.6) is 0 Å². The SMILES string of the molecule is CC1CC2C=CC1([Si](O)O)C2. The molecule has 3 atom stereocenters. The molecule has 3 heteroatoms. The second-order valence-corrected chi connectivity index (χ2v) is 5.40. The van der Waals surface area contributed by atoms with Gasteiger partial charge < -0.3 is 9.59 Å². The molecule has 0 amide bonds. The zero-order chi connectivity index (χ0) is 8.06. The van der Waals surface area contributed by atoms with Gasteiger partial charge in [0.1, 0.15) is 0 Å². The third-order valence-electron chi connectivity index (χ3n) is 3.22. The van der Waals surface area contributed by atoms with Crippen molar-refractivity contribution in [2.24, 2.45) is 11.8 Å². The first-order chi connectivity index (χ1) is 5.15. The monoisotopic (exact) mass is 169 g/mol. The molecule has 2 nitrogen and oxygen atoms in total. The molecule has 2 aliphatic carbocycles. The van der Waals surface area contributed by atoms with Crippen molar-refractivity contribution < 1.29 is 9.59 Å². The van der Waals surface area contributed by atoms with E-state index in [1.54, 1.807) is 0 Å². The molecule has 0 heterocycles. The van der Waals surface area contributed by atoms with Crippen LogP contribution in [0.4, 0.5) is 0 Å². The molecular formula is C8H13O2Si. The van der Waals surface area contributed by atoms with Crippen LogP contribution < -0.4 is 0 Å². The van der Waals surface area contributed by atoms with Gasteiger partial charge in [0.25, 0.3) is 0 Å². The van der Waals surface area contributed by atoms with E-state index in [0.717, 1.165) is 12.8 Å². The van der Waals surface area contributed by atoms with E-state index in [4.69, 9.17) is 0 Å². The van der Waals surface area contributed by atoms with Crippen LogP contribution in [0, 0.1) is 11.8 Å². The van der Waals surface area contributed by atoms with Crippen molar-refractivity contribution in [1.82, 2.24) is 0 Å². The van der Waals surface area contributed by atoms with Crippen LogP contribution in [0.1, 0.15) is 19.8 Å². The number of hydrogen-bond acceptors (Lipinski definition) is 2. The lowest BCUT2D eigenvalue weighted by molar-refractivity contribution is 0.331. The standard InChI is InChI=1S/C8H13O2Si/c1-6-4-7-2-3-8(6,5-7)11(9)10/h2-3,6-7,9-10H,4-5H2,1H3. The van der Waals surface area contributed by atoms with E-state index in [-0.39, 0.29) is 5.04 Å². The first kappa shape index (κ1) is 7.52. The van der Waals surface area contributed by atoms with Gasteiger partial charge in [-0.25, -0.2) is 0 Å². The van der Waals surface area contributed by atoms with Gasteiger partial charge in [-0.15, -0.1) is 0 Å². The van der Waals surface area contributed by atoms with Gasteiger partial charge in [-0.2, -0.15) is 0 Å². The predicted molar refractivity (Wildman–Crippen MR) is 43.9 cm³/mol. The van der Waals surface area contributed by atoms with Crippen LogP contribution in [0.3, 0.4) is 0 Å². The van der Waals surface area contributed by atoms with E-state index in [9.17, 15) is 9.59 Å². The average molecular weight is 169 g/mol. The summed E-state index contributed by atoms with van der Waals surface area (Å²) in [6.07, 6.45) is 6.32. The Morgan fingerprint density at radius 2 is 2.27 bits per heavy atom. The maximum absolute atomic E-state index is 9.31. The van der Waals surface area contributed by atoms with E-state index in [2.05, 4.69) is 13.0 Å². The summed E-state index contributed by atoms with van der Waals surface area (Å²) in [5, 5.41) is -0.199. The molecule has 2 bridgehead atoms. The third kappa shape index (κ3) is 0.848. The summed E-state index contributed by atoms with van der Waals surface area (Å²) in [7, 11) is -2.12. The largest absolute Gasteiger partial charge is 0.409 e. The van der Waals surface area contributed by atoms with Crippen LogP contribution in [0.2, 0.25) is 5.04 Å². The molecule has 0 aromatic heterocycles. The van der Waals surface area contributed by atoms with E-state index >= 15 is 0 Å². The highest BCUT2D eigenvalue weighted by Gasteiger charge is 2.52. The molecule has 0 saturated heterocycles. The highest BCUT2D eigenvalue weighted by Crippen LogP contribution is 2.59. The normalized spacial score (nSPS) is 47.6. The van der Waals surface area contributed by atoms with Gasteiger partial charge in [0.15, 0.2) is 0 Å². The van der Waals surface area contributed by atoms with Gasteiger partial charge in [0.2, 0.25) is 0 Å². The fourth-order valence-electron chi connectivity index (χ4n) is 2.46. The summed E-state index contributed by atoms with van der Waals surface area (Å²) in [5.41, 5.74) is 0. The van der Waals surface area contributed by atoms with Crippen LogP contribution in [0.25, 0.3) is 0 Å². The van der Waals surface area contributed by atoms with Crippen molar-refractivity contribution in [2.75, 3.05) is 0 Å². The molecule has 0 spiro atoms. The minimum atomic E-state index is -2.12. The molecule has 2 rings (SSSR count). The van der Waals surface area contributed by atoms with Crippen molar-refractivity contribution in [3.05, 3.63) is 12.2 Å². The summed E-state index contributed by atoms with van der Waals surface area (Å²) in [4.78, 5) is 18.6. The zero-order valence-corrected chi connectivity index (χ0v) is 7.62. The predicted octanol–water partition coefficient (Wildman–Crippen LogP) is 0.815. The van der Waals surface area contributed by atoms with Crippen LogP contribution in [-0.2, 0) is 0 Å². The molecule has 0 aromatic rings. The van der Waals surface area contributed by atoms with Crippen molar-refractivity contribution in [1.29, 1.82) is 0 Å². The summed E-state index contributed by atoms with van der Waals surface area (Å²) in [6.45, 7) is 2.13. The van der Waals surface area contributed by atoms with Gasteiger partial charge in [0.05, 0.1) is 0 Å². The fraction of sp³-hybridized carbons (Fsp3) is 0.750. The van der Waals surface area contributed by atoms with Crippen molar-refractivity contribution in [2.45, 2.75) is 24.8 Å². The number of rotatable bonds is 1. The Morgan fingerprint density at radius 3 is 2.55 bits per heavy atom. The third-order valence-corrected chi connectivity index (χ3v) is 4.91. The van der Waals surface area contributed by atoms with E-state index in [0.29, 0.717) is 11.8 Å². The Morgan fingerprint density at radius 1 is 1.55 bits per heavy atom. The lowest BCUT2D eigenvalue weighted by Crippen LogP contribution is -2.32. The Bertz CT molecular complexity index is 202. The maximum Gasteiger partial charge on any atom is 0.390 e. The average Bonchev–Trinajstić information content (AvgIpc) is 2.43. The highest BCUT2D eigenvalue weighted by atomic mass is 28.3. The van der Waals surface area contributed by atoms with Gasteiger partial charge in [-0.1, -0.05) is 19.1 Å². The molecule has 2 N–H and O–H groups in total. The van der Waals surface area contributed by atoms with Crippen molar-refractivity contribution >= 4 is 9.28 Å². The highest BCUT2D eigenvalue weighted by molar-refractivity contribution is 6.46. The molecular weight excluding hydrogens is 156 g/mol. The van der Waals surface area contributed by atoms with E-state index in [1.165, 1.54) is 0 Å². The minimum absolute atomic E-state index is 0.199. The quantitative estimate of drug-likeness (QED) is 0.450. The minimum Gasteiger partial charge on any atom is -0.409 e. The smallest absolute Gasteiger partial charge is 0.390 e. The summed E-state index contributed by atoms with van der Waals surface area (Å²) < 4.78 is 0. The molecule has 1 radical (unpaired) electrons. The lowest BCUT2D eigenvalue weighted by Gasteiger charge is -2.28. The number of fused-ring (bicyclic) bond motifs is 2. The molecule has 1 fully saturated rings. The van der Waals surface area contributed by atoms with Crippen LogP contribution in [0.15, 0.2) is 12.2 Å². The molecule has 0 aliphatic heterocycles. The molecule has 3 unspecified atom stereocenters. The first-order valence-electron chi connectivity index (χ1n) is 4.10. The van der Waals surface area contributed by atoms with Crippen LogP contribution >= 0.6 is 0 Å². The molecule has 1 saturated carbocycles. The topological polar surface area (TPSA) is 40.5 Å². The van der Waals surface area contributed by atoms with Gasteiger partial charge in [-0.3, -0.25) is 0 Å². The number of hydrogen-bond donors (Lipinski definition) is 2. The fourth-order valence-corrected chi connectivity index (χ4v) is 3.70. The van der Waals surface area contributed by atoms with E-state index in [1.807, 2.05) is 6.08 Å². The molecule has 0 aromatic carbocycles. The van der Waals surface area contributed by atoms with Crippen molar-refractivity contribution in [3.63, 3.8) is 0 Å². The lowest BCUT2D eigenvalue weighted by atomic mass is 9.95. The Hall–Kier alpha value is -0.123. The summed E-state index contributed by atoms with van der Waals surface area (Å²) in [6, 6.07) is 0. The van der Waals surface area contributed by atoms with Gasteiger partial charge >= 0.3 is 9.28 Å². The van der Waals surface area contributed by atoms with Gasteiger partial charge in [0, 0.05) is 5.04 Å². The number of allylic oxidation sites excluding steroid dienone is 2. The second kappa shape index (κ2) is 2.18. The molecule has 61 valence electrons. The zero-order valence-electron chi connectivity index (χ0n) is 6.62. The summed E-state index contributed by atoms with van der Waals surface area (Å²) >= 11 is 0. The molecule has 11 heavy (non-hydrogen) atoms. The maximum atomic E-state index is 9.31. The Kier molecular flexibility index (Phi) is 1.49. The Labute approximate surface area is 68.4 Å². The first-order valence-corrected chi connectivity index (χ1v) is 5.49. The van der Waals surface area contributed by atoms with E-state index < -0.39 is 9.28 Å². The second-order valence-electron chi connectivity index (χ2n) is 3.82.